The van der Waals surface area contributed by atoms with Crippen molar-refractivity contribution >= 4 is 41.1 Å². The minimum atomic E-state index is -0.680. The highest BCUT2D eigenvalue weighted by Gasteiger charge is 2.12. The number of aromatic nitrogens is 1. The van der Waals surface area contributed by atoms with Gasteiger partial charge in [0.1, 0.15) is 5.75 Å². The molecule has 0 unspecified atom stereocenters. The van der Waals surface area contributed by atoms with Gasteiger partial charge in [0.2, 0.25) is 0 Å². The van der Waals surface area contributed by atoms with Gasteiger partial charge in [0.25, 0.3) is 0 Å². The molecule has 8 nitrogen and oxygen atoms in total. The van der Waals surface area contributed by atoms with Gasteiger partial charge in [0, 0.05) is 11.6 Å². The summed E-state index contributed by atoms with van der Waals surface area (Å²) in [6.45, 7) is -0.245. The van der Waals surface area contributed by atoms with E-state index in [9.17, 15) is 14.4 Å². The molecule has 0 bridgehead atoms. The fraction of sp³-hybridized carbons (Fsp3) is 0.143. The van der Waals surface area contributed by atoms with Crippen molar-refractivity contribution in [2.45, 2.75) is 0 Å². The molecule has 0 aliphatic carbocycles. The molecule has 2 N–H and O–H groups in total. The number of nitrogens with zero attached hydrogens (tertiary/aromatic N) is 2. The Labute approximate surface area is 125 Å². The van der Waals surface area contributed by atoms with Crippen LogP contribution in [0.3, 0.4) is 0 Å². The summed E-state index contributed by atoms with van der Waals surface area (Å²) in [5.41, 5.74) is 6.18. The van der Waals surface area contributed by atoms with E-state index in [-0.39, 0.29) is 6.61 Å². The number of aliphatic imine (C=N–C) groups is 1. The number of methoxy groups -OCH3 is 1. The molecule has 0 aliphatic rings. The van der Waals surface area contributed by atoms with Crippen LogP contribution in [-0.2, 0) is 14.3 Å². The van der Waals surface area contributed by atoms with Crippen molar-refractivity contribution in [3.8, 4) is 5.75 Å². The number of aldehydes is 1. The third-order valence-electron chi connectivity index (χ3n) is 2.85. The van der Waals surface area contributed by atoms with Crippen molar-refractivity contribution in [1.82, 2.24) is 4.57 Å². The Kier molecular flexibility index (Phi) is 4.52. The standard InChI is InChI=1S/C14H13N3O5/c1-21-13(19)8-22-9-2-3-12-10(6-9)11(16-4-5-18)7-17(12)14(15)20/h2-7H,8H2,1H3,(H2,15,20). The van der Waals surface area contributed by atoms with Gasteiger partial charge >= 0.3 is 12.0 Å². The molecule has 1 amide bonds. The number of hydrogen-bond acceptors (Lipinski definition) is 6. The quantitative estimate of drug-likeness (QED) is 0.503. The second kappa shape index (κ2) is 6.53. The predicted molar refractivity (Wildman–Crippen MR) is 78.6 cm³/mol. The summed E-state index contributed by atoms with van der Waals surface area (Å²) in [6, 6.07) is 4.10. The highest BCUT2D eigenvalue weighted by atomic mass is 16.6. The second-order valence-corrected chi connectivity index (χ2v) is 4.18. The topological polar surface area (TPSA) is 113 Å². The van der Waals surface area contributed by atoms with E-state index in [2.05, 4.69) is 9.73 Å². The van der Waals surface area contributed by atoms with Crippen molar-refractivity contribution in [3.63, 3.8) is 0 Å². The maximum absolute atomic E-state index is 11.4. The summed E-state index contributed by atoms with van der Waals surface area (Å²) in [5, 5.41) is 0.555. The zero-order chi connectivity index (χ0) is 16.1. The summed E-state index contributed by atoms with van der Waals surface area (Å²) in [4.78, 5) is 36.8. The molecule has 2 rings (SSSR count). The van der Waals surface area contributed by atoms with Crippen molar-refractivity contribution < 1.29 is 23.9 Å². The van der Waals surface area contributed by atoms with E-state index in [1.165, 1.54) is 17.9 Å². The van der Waals surface area contributed by atoms with Gasteiger partial charge in [0.05, 0.1) is 24.5 Å². The van der Waals surface area contributed by atoms with Gasteiger partial charge in [-0.3, -0.25) is 14.4 Å². The zero-order valence-corrected chi connectivity index (χ0v) is 11.7. The maximum atomic E-state index is 11.4. The summed E-state index contributed by atoms with van der Waals surface area (Å²) in [6.07, 6.45) is 2.99. The zero-order valence-electron chi connectivity index (χ0n) is 11.7. The first-order chi connectivity index (χ1) is 10.6. The van der Waals surface area contributed by atoms with Crippen molar-refractivity contribution in [2.24, 2.45) is 10.7 Å². The SMILES string of the molecule is COC(=O)COc1ccc2c(c1)c(N=CC=O)cn2C(N)=O. The lowest BCUT2D eigenvalue weighted by molar-refractivity contribution is -0.142. The second-order valence-electron chi connectivity index (χ2n) is 4.18. The molecule has 0 atom stereocenters. The van der Waals surface area contributed by atoms with Gasteiger partial charge in [-0.25, -0.2) is 9.59 Å². The van der Waals surface area contributed by atoms with Crippen LogP contribution in [0.5, 0.6) is 5.75 Å². The Morgan fingerprint density at radius 2 is 2.18 bits per heavy atom. The lowest BCUT2D eigenvalue weighted by atomic mass is 10.2. The fourth-order valence-corrected chi connectivity index (χ4v) is 1.88. The van der Waals surface area contributed by atoms with E-state index in [0.29, 0.717) is 28.6 Å². The highest BCUT2D eigenvalue weighted by Crippen LogP contribution is 2.31. The maximum Gasteiger partial charge on any atom is 0.343 e. The Balaban J connectivity index is 2.44. The number of hydrogen-bond donors (Lipinski definition) is 1. The molecule has 1 heterocycles. The lowest BCUT2D eigenvalue weighted by Gasteiger charge is -2.05. The van der Waals surface area contributed by atoms with Crippen molar-refractivity contribution in [3.05, 3.63) is 24.4 Å². The molecular formula is C14H13N3O5. The number of ether oxygens (including phenoxy) is 2. The summed E-state index contributed by atoms with van der Waals surface area (Å²) in [7, 11) is 1.26. The minimum Gasteiger partial charge on any atom is -0.482 e. The molecule has 0 spiro atoms. The van der Waals surface area contributed by atoms with Gasteiger partial charge in [-0.2, -0.15) is 0 Å². The predicted octanol–water partition coefficient (Wildman–Crippen LogP) is 1.02. The van der Waals surface area contributed by atoms with Crippen molar-refractivity contribution in [1.29, 1.82) is 0 Å². The number of benzene rings is 1. The number of carbonyl (C=O) groups is 3. The molecule has 1 aromatic carbocycles. The third kappa shape index (κ3) is 3.11. The van der Waals surface area contributed by atoms with E-state index >= 15 is 0 Å². The number of fused-ring (bicyclic) bond motifs is 1. The van der Waals surface area contributed by atoms with E-state index in [0.717, 1.165) is 6.21 Å². The first kappa shape index (κ1) is 15.2. The molecule has 0 radical (unpaired) electrons. The third-order valence-corrected chi connectivity index (χ3v) is 2.85. The first-order valence-electron chi connectivity index (χ1n) is 6.19. The Morgan fingerprint density at radius 3 is 2.82 bits per heavy atom. The largest absolute Gasteiger partial charge is 0.482 e. The summed E-state index contributed by atoms with van der Waals surface area (Å²) < 4.78 is 11.0. The molecule has 0 aliphatic heterocycles. The van der Waals surface area contributed by atoms with Crippen LogP contribution >= 0.6 is 0 Å². The Bertz CT molecular complexity index is 763. The molecule has 0 saturated carbocycles. The highest BCUT2D eigenvalue weighted by molar-refractivity contribution is 6.14. The van der Waals surface area contributed by atoms with Gasteiger partial charge < -0.3 is 15.2 Å². The van der Waals surface area contributed by atoms with E-state index < -0.39 is 12.0 Å². The number of nitrogens with two attached hydrogens (primary N) is 1. The molecule has 0 saturated heterocycles. The van der Waals surface area contributed by atoms with Gasteiger partial charge in [0.15, 0.2) is 12.9 Å². The van der Waals surface area contributed by atoms with Crippen LogP contribution in [0.15, 0.2) is 29.4 Å². The van der Waals surface area contributed by atoms with Crippen LogP contribution in [0.2, 0.25) is 0 Å². The van der Waals surface area contributed by atoms with Crippen LogP contribution in [-0.4, -0.2) is 42.8 Å². The number of rotatable bonds is 5. The average Bonchev–Trinajstić information content (AvgIpc) is 2.88. The normalized spacial score (nSPS) is 10.8. The smallest absolute Gasteiger partial charge is 0.343 e. The fourth-order valence-electron chi connectivity index (χ4n) is 1.88. The van der Waals surface area contributed by atoms with Crippen molar-refractivity contribution in [2.75, 3.05) is 13.7 Å². The van der Waals surface area contributed by atoms with Gasteiger partial charge in [-0.15, -0.1) is 0 Å². The van der Waals surface area contributed by atoms with Gasteiger partial charge in [-0.1, -0.05) is 0 Å². The summed E-state index contributed by atoms with van der Waals surface area (Å²) in [5.74, 6) is -0.128. The van der Waals surface area contributed by atoms with E-state index in [1.807, 2.05) is 0 Å². The monoisotopic (exact) mass is 303 g/mol. The van der Waals surface area contributed by atoms with Crippen LogP contribution in [0.1, 0.15) is 0 Å². The molecular weight excluding hydrogens is 290 g/mol. The lowest BCUT2D eigenvalue weighted by Crippen LogP contribution is -2.18. The first-order valence-corrected chi connectivity index (χ1v) is 6.19. The number of primary amides is 1. The van der Waals surface area contributed by atoms with Gasteiger partial charge in [-0.05, 0) is 18.2 Å². The van der Waals surface area contributed by atoms with Crippen LogP contribution in [0.25, 0.3) is 10.9 Å². The molecule has 0 fully saturated rings. The van der Waals surface area contributed by atoms with E-state index in [4.69, 9.17) is 10.5 Å². The molecule has 2 aromatic rings. The molecule has 114 valence electrons. The number of amides is 1. The van der Waals surface area contributed by atoms with Crippen LogP contribution in [0.4, 0.5) is 10.5 Å². The Hall–Kier alpha value is -3.16. The van der Waals surface area contributed by atoms with Crippen LogP contribution in [0, 0.1) is 0 Å². The van der Waals surface area contributed by atoms with Crippen LogP contribution < -0.4 is 10.5 Å². The minimum absolute atomic E-state index is 0.245. The van der Waals surface area contributed by atoms with E-state index in [1.54, 1.807) is 18.2 Å². The Morgan fingerprint density at radius 1 is 1.41 bits per heavy atom. The molecule has 8 heteroatoms. The number of esters is 1. The molecule has 1 aromatic heterocycles. The number of carbonyl (C=O) groups excluding carboxylic acids is 3. The molecule has 22 heavy (non-hydrogen) atoms. The average molecular weight is 303 g/mol. The summed E-state index contributed by atoms with van der Waals surface area (Å²) >= 11 is 0.